The van der Waals surface area contributed by atoms with E-state index in [1.807, 2.05) is 13.0 Å². The first-order chi connectivity index (χ1) is 9.15. The lowest BCUT2D eigenvalue weighted by Gasteiger charge is -2.09. The number of aromatic nitrogens is 1. The van der Waals surface area contributed by atoms with Gasteiger partial charge in [0, 0.05) is 18.2 Å². The van der Waals surface area contributed by atoms with E-state index in [0.717, 1.165) is 18.5 Å². The summed E-state index contributed by atoms with van der Waals surface area (Å²) in [6, 6.07) is 3.75. The third-order valence-corrected chi connectivity index (χ3v) is 2.55. The fourth-order valence-corrected chi connectivity index (χ4v) is 1.38. The molecule has 1 unspecified atom stereocenters. The molecule has 19 heavy (non-hydrogen) atoms. The van der Waals surface area contributed by atoms with Gasteiger partial charge in [0.05, 0.1) is 12.7 Å². The molecule has 3 N–H and O–H groups in total. The lowest BCUT2D eigenvalue weighted by molar-refractivity contribution is -0.122. The SMILES string of the molecule is C#CCNC(=O)COc1ccc(CC(N)CC)nc1. The van der Waals surface area contributed by atoms with Crippen LogP contribution in [0.15, 0.2) is 18.3 Å². The summed E-state index contributed by atoms with van der Waals surface area (Å²) in [7, 11) is 0. The number of amides is 1. The zero-order chi connectivity index (χ0) is 14.1. The highest BCUT2D eigenvalue weighted by Gasteiger charge is 2.04. The average Bonchev–Trinajstić information content (AvgIpc) is 2.44. The minimum Gasteiger partial charge on any atom is -0.482 e. The number of nitrogens with one attached hydrogen (secondary N) is 1. The number of hydrogen-bond donors (Lipinski definition) is 2. The van der Waals surface area contributed by atoms with Crippen LogP contribution in [-0.2, 0) is 11.2 Å². The molecule has 0 saturated heterocycles. The van der Waals surface area contributed by atoms with E-state index in [1.54, 1.807) is 12.3 Å². The summed E-state index contributed by atoms with van der Waals surface area (Å²) in [6.45, 7) is 2.17. The first-order valence-corrected chi connectivity index (χ1v) is 6.19. The summed E-state index contributed by atoms with van der Waals surface area (Å²) in [5, 5.41) is 2.51. The smallest absolute Gasteiger partial charge is 0.258 e. The van der Waals surface area contributed by atoms with Crippen molar-refractivity contribution < 1.29 is 9.53 Å². The fourth-order valence-electron chi connectivity index (χ4n) is 1.38. The third kappa shape index (κ3) is 5.89. The van der Waals surface area contributed by atoms with Crippen LogP contribution < -0.4 is 15.8 Å². The van der Waals surface area contributed by atoms with Gasteiger partial charge in [0.2, 0.25) is 0 Å². The Morgan fingerprint density at radius 2 is 2.42 bits per heavy atom. The molecule has 1 atom stereocenters. The van der Waals surface area contributed by atoms with Crippen LogP contribution in [0, 0.1) is 12.3 Å². The first-order valence-electron chi connectivity index (χ1n) is 6.19. The molecule has 0 bridgehead atoms. The Morgan fingerprint density at radius 1 is 1.63 bits per heavy atom. The second-order valence-corrected chi connectivity index (χ2v) is 4.13. The van der Waals surface area contributed by atoms with Crippen molar-refractivity contribution in [1.82, 2.24) is 10.3 Å². The van der Waals surface area contributed by atoms with Crippen molar-refractivity contribution >= 4 is 5.91 Å². The molecule has 0 aliphatic carbocycles. The molecule has 0 saturated carbocycles. The number of hydrogen-bond acceptors (Lipinski definition) is 4. The van der Waals surface area contributed by atoms with Gasteiger partial charge in [-0.1, -0.05) is 12.8 Å². The molecule has 0 aliphatic rings. The molecule has 1 heterocycles. The molecule has 1 aromatic heterocycles. The van der Waals surface area contributed by atoms with E-state index in [4.69, 9.17) is 16.9 Å². The number of nitrogens with two attached hydrogens (primary N) is 1. The first kappa shape index (κ1) is 15.0. The summed E-state index contributed by atoms with van der Waals surface area (Å²) in [5.41, 5.74) is 6.76. The van der Waals surface area contributed by atoms with Crippen LogP contribution in [-0.4, -0.2) is 30.1 Å². The van der Waals surface area contributed by atoms with Crippen molar-refractivity contribution in [2.75, 3.05) is 13.2 Å². The van der Waals surface area contributed by atoms with E-state index >= 15 is 0 Å². The highest BCUT2D eigenvalue weighted by Crippen LogP contribution is 2.10. The number of ether oxygens (including phenoxy) is 1. The maximum absolute atomic E-state index is 11.3. The van der Waals surface area contributed by atoms with Crippen molar-refractivity contribution in [3.8, 4) is 18.1 Å². The van der Waals surface area contributed by atoms with E-state index in [0.29, 0.717) is 5.75 Å². The molecular weight excluding hydrogens is 242 g/mol. The minimum absolute atomic E-state index is 0.0722. The summed E-state index contributed by atoms with van der Waals surface area (Å²) in [4.78, 5) is 15.5. The van der Waals surface area contributed by atoms with Crippen LogP contribution in [0.25, 0.3) is 0 Å². The molecular formula is C14H19N3O2. The number of nitrogens with zero attached hydrogens (tertiary/aromatic N) is 1. The molecule has 0 aliphatic heterocycles. The predicted molar refractivity (Wildman–Crippen MR) is 73.5 cm³/mol. The molecule has 0 radical (unpaired) electrons. The summed E-state index contributed by atoms with van der Waals surface area (Å²) < 4.78 is 5.28. The maximum atomic E-state index is 11.3. The number of carbonyl (C=O) groups excluding carboxylic acids is 1. The van der Waals surface area contributed by atoms with E-state index in [-0.39, 0.29) is 25.1 Å². The largest absolute Gasteiger partial charge is 0.482 e. The summed E-state index contributed by atoms with van der Waals surface area (Å²) in [5.74, 6) is 2.61. The second kappa shape index (κ2) is 8.11. The molecule has 1 rings (SSSR count). The quantitative estimate of drug-likeness (QED) is 0.700. The Kier molecular flexibility index (Phi) is 6.41. The number of pyridine rings is 1. The van der Waals surface area contributed by atoms with Crippen molar-refractivity contribution in [3.63, 3.8) is 0 Å². The van der Waals surface area contributed by atoms with Crippen LogP contribution in [0.1, 0.15) is 19.0 Å². The standard InChI is InChI=1S/C14H19N3O2/c1-3-7-16-14(18)10-19-13-6-5-12(17-9-13)8-11(15)4-2/h1,5-6,9,11H,4,7-8,10,15H2,2H3,(H,16,18). The molecule has 0 aromatic carbocycles. The predicted octanol–water partition coefficient (Wildman–Crippen LogP) is 0.490. The van der Waals surface area contributed by atoms with Gasteiger partial charge < -0.3 is 15.8 Å². The Hall–Kier alpha value is -2.06. The topological polar surface area (TPSA) is 77.2 Å². The van der Waals surface area contributed by atoms with E-state index in [1.165, 1.54) is 0 Å². The molecule has 0 fully saturated rings. The van der Waals surface area contributed by atoms with Gasteiger partial charge in [-0.25, -0.2) is 0 Å². The van der Waals surface area contributed by atoms with Crippen LogP contribution >= 0.6 is 0 Å². The zero-order valence-corrected chi connectivity index (χ0v) is 11.1. The van der Waals surface area contributed by atoms with Gasteiger partial charge in [-0.05, 0) is 18.6 Å². The Morgan fingerprint density at radius 3 is 3.00 bits per heavy atom. The maximum Gasteiger partial charge on any atom is 0.258 e. The molecule has 102 valence electrons. The molecule has 5 heteroatoms. The minimum atomic E-state index is -0.255. The Balaban J connectivity index is 2.40. The van der Waals surface area contributed by atoms with Gasteiger partial charge >= 0.3 is 0 Å². The highest BCUT2D eigenvalue weighted by atomic mass is 16.5. The van der Waals surface area contributed by atoms with Crippen LogP contribution in [0.3, 0.4) is 0 Å². The lowest BCUT2D eigenvalue weighted by Crippen LogP contribution is -2.29. The Labute approximate surface area is 113 Å². The van der Waals surface area contributed by atoms with Gasteiger partial charge in [-0.3, -0.25) is 9.78 Å². The average molecular weight is 261 g/mol. The lowest BCUT2D eigenvalue weighted by atomic mass is 10.1. The van der Waals surface area contributed by atoms with Gasteiger partial charge in [-0.15, -0.1) is 6.42 Å². The van der Waals surface area contributed by atoms with E-state index < -0.39 is 0 Å². The monoisotopic (exact) mass is 261 g/mol. The van der Waals surface area contributed by atoms with Crippen LogP contribution in [0.4, 0.5) is 0 Å². The fraction of sp³-hybridized carbons (Fsp3) is 0.429. The number of carbonyl (C=O) groups is 1. The molecule has 5 nitrogen and oxygen atoms in total. The van der Waals surface area contributed by atoms with Gasteiger partial charge in [0.25, 0.3) is 5.91 Å². The Bertz CT molecular complexity index is 437. The van der Waals surface area contributed by atoms with E-state index in [9.17, 15) is 4.79 Å². The number of rotatable bonds is 7. The highest BCUT2D eigenvalue weighted by molar-refractivity contribution is 5.77. The normalized spacial score (nSPS) is 11.4. The second-order valence-electron chi connectivity index (χ2n) is 4.13. The van der Waals surface area contributed by atoms with Crippen molar-refractivity contribution in [3.05, 3.63) is 24.0 Å². The summed E-state index contributed by atoms with van der Waals surface area (Å²) in [6.07, 6.45) is 8.26. The van der Waals surface area contributed by atoms with Crippen LogP contribution in [0.5, 0.6) is 5.75 Å². The van der Waals surface area contributed by atoms with Crippen molar-refractivity contribution in [2.45, 2.75) is 25.8 Å². The van der Waals surface area contributed by atoms with Crippen molar-refractivity contribution in [1.29, 1.82) is 0 Å². The zero-order valence-electron chi connectivity index (χ0n) is 11.1. The van der Waals surface area contributed by atoms with E-state index in [2.05, 4.69) is 16.2 Å². The van der Waals surface area contributed by atoms with Crippen LogP contribution in [0.2, 0.25) is 0 Å². The molecule has 1 aromatic rings. The summed E-state index contributed by atoms with van der Waals surface area (Å²) >= 11 is 0. The third-order valence-electron chi connectivity index (χ3n) is 2.55. The molecule has 1 amide bonds. The van der Waals surface area contributed by atoms with Gasteiger partial charge in [0.1, 0.15) is 5.75 Å². The number of terminal acetylenes is 1. The van der Waals surface area contributed by atoms with Gasteiger partial charge in [-0.2, -0.15) is 0 Å². The van der Waals surface area contributed by atoms with Crippen molar-refractivity contribution in [2.24, 2.45) is 5.73 Å². The molecule has 0 spiro atoms. The van der Waals surface area contributed by atoms with Gasteiger partial charge in [0.15, 0.2) is 6.61 Å².